The highest BCUT2D eigenvalue weighted by Gasteiger charge is 2.32. The van der Waals surface area contributed by atoms with E-state index in [0.29, 0.717) is 5.69 Å². The number of carboxylic acids is 1. The lowest BCUT2D eigenvalue weighted by molar-refractivity contribution is -0.144. The Kier molecular flexibility index (Phi) is 3.68. The number of aromatic nitrogens is 2. The van der Waals surface area contributed by atoms with Gasteiger partial charge in [-0.05, 0) is 14.0 Å². The second-order valence-corrected chi connectivity index (χ2v) is 4.91. The summed E-state index contributed by atoms with van der Waals surface area (Å²) < 4.78 is 1.86. The molecule has 1 N–H and O–H groups in total. The van der Waals surface area contributed by atoms with E-state index in [9.17, 15) is 9.90 Å². The van der Waals surface area contributed by atoms with Gasteiger partial charge in [-0.3, -0.25) is 9.69 Å². The van der Waals surface area contributed by atoms with Crippen molar-refractivity contribution in [3.8, 4) is 0 Å². The summed E-state index contributed by atoms with van der Waals surface area (Å²) in [7, 11) is 3.94. The van der Waals surface area contributed by atoms with Crippen molar-refractivity contribution in [2.24, 2.45) is 7.05 Å². The zero-order chi connectivity index (χ0) is 13.3. The molecule has 6 heteroatoms. The number of aryl methyl sites for hydroxylation is 1. The van der Waals surface area contributed by atoms with Gasteiger partial charge in [0.05, 0.1) is 12.0 Å². The molecular formula is C12H20N4O2. The topological polar surface area (TPSA) is 61.6 Å². The van der Waals surface area contributed by atoms with Gasteiger partial charge in [0, 0.05) is 38.9 Å². The Morgan fingerprint density at radius 3 is 2.39 bits per heavy atom. The van der Waals surface area contributed by atoms with Crippen LogP contribution in [0.25, 0.3) is 0 Å². The highest BCUT2D eigenvalue weighted by Crippen LogP contribution is 2.23. The van der Waals surface area contributed by atoms with Gasteiger partial charge in [-0.15, -0.1) is 0 Å². The second kappa shape index (κ2) is 5.07. The van der Waals surface area contributed by atoms with Crippen LogP contribution < -0.4 is 0 Å². The predicted molar refractivity (Wildman–Crippen MR) is 67.4 cm³/mol. The standard InChI is InChI=1S/C12H20N4O2/c1-9-10(13-8-15(9)3)11(12(17)18)16-6-4-14(2)5-7-16/h8,11H,4-7H2,1-3H3,(H,17,18). The van der Waals surface area contributed by atoms with Crippen molar-refractivity contribution in [3.05, 3.63) is 17.7 Å². The minimum absolute atomic E-state index is 0.625. The van der Waals surface area contributed by atoms with Gasteiger partial charge in [-0.1, -0.05) is 0 Å². The van der Waals surface area contributed by atoms with Gasteiger partial charge in [-0.25, -0.2) is 4.98 Å². The average Bonchev–Trinajstić information content (AvgIpc) is 2.64. The zero-order valence-corrected chi connectivity index (χ0v) is 11.1. The van der Waals surface area contributed by atoms with Gasteiger partial charge in [0.1, 0.15) is 0 Å². The van der Waals surface area contributed by atoms with Gasteiger partial charge < -0.3 is 14.6 Å². The molecule has 0 radical (unpaired) electrons. The molecule has 0 aromatic carbocycles. The van der Waals surface area contributed by atoms with E-state index in [-0.39, 0.29) is 0 Å². The summed E-state index contributed by atoms with van der Waals surface area (Å²) in [5.74, 6) is -0.818. The molecule has 1 atom stereocenters. The number of piperazine rings is 1. The molecule has 0 aliphatic carbocycles. The summed E-state index contributed by atoms with van der Waals surface area (Å²) >= 11 is 0. The fourth-order valence-corrected chi connectivity index (χ4v) is 2.30. The van der Waals surface area contributed by atoms with E-state index in [1.165, 1.54) is 0 Å². The Hall–Kier alpha value is -1.40. The molecule has 1 saturated heterocycles. The van der Waals surface area contributed by atoms with E-state index in [2.05, 4.69) is 16.9 Å². The first-order valence-electron chi connectivity index (χ1n) is 6.14. The molecule has 1 aromatic heterocycles. The first-order valence-corrected chi connectivity index (χ1v) is 6.14. The first-order chi connectivity index (χ1) is 8.50. The molecule has 2 rings (SSSR count). The third kappa shape index (κ3) is 2.39. The third-order valence-electron chi connectivity index (χ3n) is 3.67. The van der Waals surface area contributed by atoms with Gasteiger partial charge in [-0.2, -0.15) is 0 Å². The minimum Gasteiger partial charge on any atom is -0.480 e. The molecule has 0 spiro atoms. The number of rotatable bonds is 3. The van der Waals surface area contributed by atoms with Crippen LogP contribution in [0.5, 0.6) is 0 Å². The quantitative estimate of drug-likeness (QED) is 0.827. The molecular weight excluding hydrogens is 232 g/mol. The fourth-order valence-electron chi connectivity index (χ4n) is 2.30. The van der Waals surface area contributed by atoms with E-state index < -0.39 is 12.0 Å². The van der Waals surface area contributed by atoms with Crippen LogP contribution in [0.3, 0.4) is 0 Å². The van der Waals surface area contributed by atoms with Crippen molar-refractivity contribution in [2.75, 3.05) is 33.2 Å². The molecule has 1 aromatic rings. The van der Waals surface area contributed by atoms with E-state index >= 15 is 0 Å². The molecule has 18 heavy (non-hydrogen) atoms. The van der Waals surface area contributed by atoms with E-state index in [1.54, 1.807) is 6.33 Å². The van der Waals surface area contributed by atoms with Gasteiger partial charge in [0.2, 0.25) is 0 Å². The maximum Gasteiger partial charge on any atom is 0.327 e. The zero-order valence-electron chi connectivity index (χ0n) is 11.1. The van der Waals surface area contributed by atoms with E-state index in [0.717, 1.165) is 31.9 Å². The normalized spacial score (nSPS) is 19.9. The second-order valence-electron chi connectivity index (χ2n) is 4.91. The molecule has 6 nitrogen and oxygen atoms in total. The fraction of sp³-hybridized carbons (Fsp3) is 0.667. The Bertz CT molecular complexity index is 435. The number of hydrogen-bond donors (Lipinski definition) is 1. The van der Waals surface area contributed by atoms with Gasteiger partial charge in [0.25, 0.3) is 0 Å². The summed E-state index contributed by atoms with van der Waals surface area (Å²) in [4.78, 5) is 20.0. The highest BCUT2D eigenvalue weighted by molar-refractivity contribution is 5.75. The Balaban J connectivity index is 2.24. The summed E-state index contributed by atoms with van der Waals surface area (Å²) in [6.07, 6.45) is 1.68. The molecule has 1 aliphatic rings. The largest absolute Gasteiger partial charge is 0.480 e. The predicted octanol–water partition coefficient (Wildman–Crippen LogP) is 0.102. The molecule has 1 fully saturated rings. The average molecular weight is 252 g/mol. The molecule has 0 saturated carbocycles. The number of imidazole rings is 1. The van der Waals surface area contributed by atoms with Crippen molar-refractivity contribution in [1.29, 1.82) is 0 Å². The Morgan fingerprint density at radius 2 is 1.94 bits per heavy atom. The number of carbonyl (C=O) groups is 1. The Labute approximate surface area is 107 Å². The maximum absolute atomic E-state index is 11.5. The number of nitrogens with zero attached hydrogens (tertiary/aromatic N) is 4. The van der Waals surface area contributed by atoms with E-state index in [4.69, 9.17) is 0 Å². The SMILES string of the molecule is Cc1c(C(C(=O)O)N2CCN(C)CC2)ncn1C. The molecule has 1 unspecified atom stereocenters. The molecule has 0 amide bonds. The monoisotopic (exact) mass is 252 g/mol. The summed E-state index contributed by atoms with van der Waals surface area (Å²) in [6, 6.07) is -0.625. The summed E-state index contributed by atoms with van der Waals surface area (Å²) in [5.41, 5.74) is 1.58. The van der Waals surface area contributed by atoms with Crippen LogP contribution >= 0.6 is 0 Å². The summed E-state index contributed by atoms with van der Waals surface area (Å²) in [5, 5.41) is 9.47. The van der Waals surface area contributed by atoms with Gasteiger partial charge >= 0.3 is 5.97 Å². The smallest absolute Gasteiger partial charge is 0.327 e. The van der Waals surface area contributed by atoms with Crippen LogP contribution in [0.1, 0.15) is 17.4 Å². The first kappa shape index (κ1) is 13.0. The third-order valence-corrected chi connectivity index (χ3v) is 3.67. The van der Waals surface area contributed by atoms with Crippen LogP contribution in [0.4, 0.5) is 0 Å². The number of aliphatic carboxylic acids is 1. The molecule has 0 bridgehead atoms. The van der Waals surface area contributed by atoms with Crippen LogP contribution in [0, 0.1) is 6.92 Å². The molecule has 1 aliphatic heterocycles. The number of carboxylic acid groups (broad SMARTS) is 1. The summed E-state index contributed by atoms with van der Waals surface area (Å²) in [6.45, 7) is 5.24. The highest BCUT2D eigenvalue weighted by atomic mass is 16.4. The lowest BCUT2D eigenvalue weighted by atomic mass is 10.1. The number of likely N-dealkylation sites (N-methyl/N-ethyl adjacent to an activating group) is 1. The van der Waals surface area contributed by atoms with Crippen LogP contribution in [-0.4, -0.2) is 63.7 Å². The van der Waals surface area contributed by atoms with Crippen LogP contribution in [-0.2, 0) is 11.8 Å². The van der Waals surface area contributed by atoms with Crippen molar-refractivity contribution in [1.82, 2.24) is 19.4 Å². The Morgan fingerprint density at radius 1 is 1.33 bits per heavy atom. The van der Waals surface area contributed by atoms with Crippen molar-refractivity contribution in [3.63, 3.8) is 0 Å². The van der Waals surface area contributed by atoms with Crippen molar-refractivity contribution < 1.29 is 9.90 Å². The van der Waals surface area contributed by atoms with Crippen LogP contribution in [0.15, 0.2) is 6.33 Å². The van der Waals surface area contributed by atoms with Crippen molar-refractivity contribution >= 4 is 5.97 Å². The minimum atomic E-state index is -0.818. The van der Waals surface area contributed by atoms with Crippen LogP contribution in [0.2, 0.25) is 0 Å². The lowest BCUT2D eigenvalue weighted by Gasteiger charge is -2.35. The maximum atomic E-state index is 11.5. The molecule has 100 valence electrons. The lowest BCUT2D eigenvalue weighted by Crippen LogP contribution is -2.48. The number of hydrogen-bond acceptors (Lipinski definition) is 4. The molecule has 2 heterocycles. The van der Waals surface area contributed by atoms with Gasteiger partial charge in [0.15, 0.2) is 6.04 Å². The van der Waals surface area contributed by atoms with Crippen molar-refractivity contribution in [2.45, 2.75) is 13.0 Å². The van der Waals surface area contributed by atoms with E-state index in [1.807, 2.05) is 23.4 Å².